The van der Waals surface area contributed by atoms with E-state index >= 15 is 0 Å². The number of fused-ring (bicyclic) bond motifs is 4. The van der Waals surface area contributed by atoms with Gasteiger partial charge >= 0.3 is 0 Å². The Morgan fingerprint density at radius 3 is 1.05 bits per heavy atom. The summed E-state index contributed by atoms with van der Waals surface area (Å²) in [5, 5.41) is 149. The molecule has 9 rings (SSSR count). The summed E-state index contributed by atoms with van der Waals surface area (Å²) in [6.45, 7) is 0. The minimum Gasteiger partial charge on any atom is -0.508 e. The van der Waals surface area contributed by atoms with E-state index in [0.717, 1.165) is 72.8 Å². The van der Waals surface area contributed by atoms with Gasteiger partial charge in [-0.05, 0) is 0 Å². The lowest BCUT2D eigenvalue weighted by Crippen LogP contribution is -2.06. The summed E-state index contributed by atoms with van der Waals surface area (Å²) in [6.07, 6.45) is 0. The van der Waals surface area contributed by atoms with Crippen molar-refractivity contribution in [1.29, 1.82) is 0 Å². The lowest BCUT2D eigenvalue weighted by atomic mass is 9.98. The molecule has 0 saturated carbocycles. The van der Waals surface area contributed by atoms with Gasteiger partial charge < -0.3 is 105 Å². The van der Waals surface area contributed by atoms with Crippen LogP contribution in [0.1, 0.15) is 0 Å². The number of phenols is 14. The normalized spacial score (nSPS) is 11.9. The summed E-state index contributed by atoms with van der Waals surface area (Å²) in [5.74, 6) is -17.6. The van der Waals surface area contributed by atoms with Gasteiger partial charge in [0.2, 0.25) is 51.7 Å². The average Bonchev–Trinajstić information content (AvgIpc) is 3.18. The van der Waals surface area contributed by atoms with Crippen molar-refractivity contribution < 1.29 is 105 Å². The fraction of sp³-hybridized carbons (Fsp3) is 0. The van der Waals surface area contributed by atoms with E-state index in [-0.39, 0.29) is 11.5 Å². The number of rotatable bonds is 7. The summed E-state index contributed by atoms with van der Waals surface area (Å²) in [7, 11) is 0. The van der Waals surface area contributed by atoms with Crippen LogP contribution in [0.15, 0.2) is 72.8 Å². The zero-order valence-corrected chi connectivity index (χ0v) is 31.0. The van der Waals surface area contributed by atoms with Gasteiger partial charge in [-0.3, -0.25) is 0 Å². The number of hydrogen-bond acceptors (Lipinski definition) is 21. The Kier molecular flexibility index (Phi) is 8.62. The van der Waals surface area contributed by atoms with Crippen LogP contribution in [0.2, 0.25) is 0 Å². The van der Waals surface area contributed by atoms with Crippen LogP contribution in [-0.4, -0.2) is 71.5 Å². The molecule has 21 heteroatoms. The van der Waals surface area contributed by atoms with Crippen molar-refractivity contribution in [3.05, 3.63) is 72.8 Å². The molecule has 0 saturated heterocycles. The Bertz CT molecular complexity index is 3040. The Hall–Kier alpha value is -9.66. The second kappa shape index (κ2) is 14.0. The van der Waals surface area contributed by atoms with Gasteiger partial charge in [0.05, 0.1) is 11.1 Å². The van der Waals surface area contributed by atoms with Crippen molar-refractivity contribution in [2.75, 3.05) is 0 Å². The summed E-state index contributed by atoms with van der Waals surface area (Å²) in [4.78, 5) is 0. The van der Waals surface area contributed by atoms with E-state index in [1.54, 1.807) is 0 Å². The molecule has 2 heterocycles. The topological polar surface area (TPSA) is 348 Å². The fourth-order valence-electron chi connectivity index (χ4n) is 6.64. The smallest absolute Gasteiger partial charge is 0.220 e. The molecule has 14 N–H and O–H groups in total. The van der Waals surface area contributed by atoms with E-state index in [1.165, 1.54) is 0 Å². The van der Waals surface area contributed by atoms with Gasteiger partial charge in [0.15, 0.2) is 57.5 Å². The third-order valence-electron chi connectivity index (χ3n) is 9.18. The van der Waals surface area contributed by atoms with Crippen LogP contribution in [0.3, 0.4) is 0 Å². The Balaban J connectivity index is 1.19. The van der Waals surface area contributed by atoms with Crippen LogP contribution >= 0.6 is 0 Å². The summed E-state index contributed by atoms with van der Waals surface area (Å²) in [6, 6.07) is 10.8. The molecule has 0 radical (unpaired) electrons. The molecule has 0 aromatic heterocycles. The molecule has 0 fully saturated rings. The Morgan fingerprint density at radius 1 is 0.254 bits per heavy atom. The van der Waals surface area contributed by atoms with Crippen molar-refractivity contribution in [3.63, 3.8) is 0 Å². The monoisotopic (exact) mass is 866 g/mol. The SMILES string of the molecule is Oc1cc(O)cc(Oc2c(O)cc(O)c3c2Oc2c(O)cc(O)c(-c4c(O)cc(O)c5c4Oc4c(O)cc(Oc6c(O)cc(O)cc6O)c(Oc6cc(O)cc(O)c6)c4O5)c2O3)c1. The predicted molar refractivity (Wildman–Crippen MR) is 208 cm³/mol. The number of ether oxygens (including phenoxy) is 7. The Labute approximate surface area is 349 Å². The highest BCUT2D eigenvalue weighted by atomic mass is 16.6. The third kappa shape index (κ3) is 6.55. The second-order valence-electron chi connectivity index (χ2n) is 13.6. The second-order valence-corrected chi connectivity index (χ2v) is 13.6. The molecule has 0 amide bonds. The van der Waals surface area contributed by atoms with E-state index in [2.05, 4.69) is 0 Å². The van der Waals surface area contributed by atoms with Crippen molar-refractivity contribution in [2.24, 2.45) is 0 Å². The van der Waals surface area contributed by atoms with Crippen LogP contribution in [-0.2, 0) is 0 Å². The summed E-state index contributed by atoms with van der Waals surface area (Å²) >= 11 is 0. The third-order valence-corrected chi connectivity index (χ3v) is 9.18. The first-order valence-corrected chi connectivity index (χ1v) is 17.7. The van der Waals surface area contributed by atoms with Gasteiger partial charge in [0.1, 0.15) is 51.7 Å². The van der Waals surface area contributed by atoms with Gasteiger partial charge in [-0.1, -0.05) is 0 Å². The molecule has 0 spiro atoms. The van der Waals surface area contributed by atoms with E-state index < -0.39 is 161 Å². The molecule has 2 aliphatic rings. The van der Waals surface area contributed by atoms with Gasteiger partial charge in [-0.25, -0.2) is 0 Å². The molecule has 0 aliphatic carbocycles. The van der Waals surface area contributed by atoms with E-state index in [9.17, 15) is 71.5 Å². The number of benzene rings is 7. The zero-order chi connectivity index (χ0) is 44.8. The molecule has 7 aromatic carbocycles. The Morgan fingerprint density at radius 2 is 0.587 bits per heavy atom. The molecule has 0 unspecified atom stereocenters. The maximum absolute atomic E-state index is 11.4. The van der Waals surface area contributed by atoms with E-state index in [4.69, 9.17) is 33.2 Å². The molecular formula is C42H26O21. The van der Waals surface area contributed by atoms with Crippen molar-refractivity contribution in [1.82, 2.24) is 0 Å². The fourth-order valence-corrected chi connectivity index (χ4v) is 6.64. The number of hydrogen-bond donors (Lipinski definition) is 14. The van der Waals surface area contributed by atoms with Crippen LogP contribution < -0.4 is 33.2 Å². The highest BCUT2D eigenvalue weighted by molar-refractivity contribution is 5.93. The maximum atomic E-state index is 11.4. The molecule has 0 atom stereocenters. The summed E-state index contributed by atoms with van der Waals surface area (Å²) < 4.78 is 41.3. The average molecular weight is 867 g/mol. The highest BCUT2D eigenvalue weighted by Gasteiger charge is 2.40. The van der Waals surface area contributed by atoms with Crippen molar-refractivity contribution in [3.8, 4) is 172 Å². The van der Waals surface area contributed by atoms with E-state index in [0.29, 0.717) is 0 Å². The standard InChI is InChI=1S/C42H26O21/c43-13-1-14(44)4-18(3-13)57-35-26(54)11-27(55)36-41(35)62-33-24(52)9-20(48)30(39(33)60-36)31-21(49)10-25(53)34-40(31)61-37-28(56)12-29(59-32-22(50)7-17(47)8-23(32)51)38(42(37)63-34)58-19-5-15(45)2-16(46)6-19/h1-12,43-56H. The van der Waals surface area contributed by atoms with E-state index in [1.807, 2.05) is 0 Å². The number of aromatic hydroxyl groups is 14. The van der Waals surface area contributed by atoms with Crippen LogP contribution in [0.4, 0.5) is 0 Å². The minimum atomic E-state index is -0.858. The lowest BCUT2D eigenvalue weighted by molar-refractivity contribution is 0.296. The van der Waals surface area contributed by atoms with Gasteiger partial charge in [-0.2, -0.15) is 0 Å². The summed E-state index contributed by atoms with van der Waals surface area (Å²) in [5.41, 5.74) is -1.13. The molecule has 63 heavy (non-hydrogen) atoms. The maximum Gasteiger partial charge on any atom is 0.220 e. The zero-order valence-electron chi connectivity index (χ0n) is 31.0. The van der Waals surface area contributed by atoms with Gasteiger partial charge in [-0.15, -0.1) is 0 Å². The first-order chi connectivity index (χ1) is 29.9. The molecule has 2 aliphatic heterocycles. The molecule has 320 valence electrons. The largest absolute Gasteiger partial charge is 0.508 e. The lowest BCUT2D eigenvalue weighted by Gasteiger charge is -2.29. The van der Waals surface area contributed by atoms with Crippen LogP contribution in [0, 0.1) is 0 Å². The molecule has 7 aromatic rings. The van der Waals surface area contributed by atoms with Crippen LogP contribution in [0.5, 0.6) is 161 Å². The highest BCUT2D eigenvalue weighted by Crippen LogP contribution is 2.68. The number of phenolic OH excluding ortho intramolecular Hbond substituents is 14. The quantitative estimate of drug-likeness (QED) is 0.0714. The minimum absolute atomic E-state index is 0.231. The van der Waals surface area contributed by atoms with Gasteiger partial charge in [0.25, 0.3) is 0 Å². The van der Waals surface area contributed by atoms with Crippen LogP contribution in [0.25, 0.3) is 11.1 Å². The van der Waals surface area contributed by atoms with Crippen molar-refractivity contribution >= 4 is 0 Å². The first kappa shape index (κ1) is 38.8. The van der Waals surface area contributed by atoms with Crippen molar-refractivity contribution in [2.45, 2.75) is 0 Å². The molecule has 21 nitrogen and oxygen atoms in total. The predicted octanol–water partition coefficient (Wildman–Crippen LogP) is 8.40. The molecule has 0 bridgehead atoms. The molecular weight excluding hydrogens is 840 g/mol. The first-order valence-electron chi connectivity index (χ1n) is 17.7. The van der Waals surface area contributed by atoms with Gasteiger partial charge in [0, 0.05) is 72.8 Å².